The molecule has 0 aliphatic heterocycles. The molecule has 15 heavy (non-hydrogen) atoms. The maximum absolute atomic E-state index is 11.1. The largest absolute Gasteiger partial charge is 0.481 e. The van der Waals surface area contributed by atoms with Crippen molar-refractivity contribution in [3.05, 3.63) is 18.2 Å². The van der Waals surface area contributed by atoms with E-state index >= 15 is 0 Å². The summed E-state index contributed by atoms with van der Waals surface area (Å²) < 4.78 is 1.95. The van der Waals surface area contributed by atoms with E-state index < -0.39 is 11.4 Å². The second-order valence-electron chi connectivity index (χ2n) is 4.39. The molecule has 1 aliphatic rings. The Labute approximate surface area is 88.9 Å². The van der Waals surface area contributed by atoms with Crippen LogP contribution in [0.1, 0.15) is 31.5 Å². The molecule has 1 heterocycles. The summed E-state index contributed by atoms with van der Waals surface area (Å²) in [7, 11) is 1.94. The first-order valence-corrected chi connectivity index (χ1v) is 5.34. The number of hydrogen-bond donors (Lipinski definition) is 1. The van der Waals surface area contributed by atoms with Crippen LogP contribution in [0.3, 0.4) is 0 Å². The Balaban J connectivity index is 1.98. The van der Waals surface area contributed by atoms with Crippen molar-refractivity contribution in [3.8, 4) is 0 Å². The topological polar surface area (TPSA) is 55.1 Å². The SMILES string of the molecule is Cn1ccnc1CCC1(C(=O)O)CCC1. The van der Waals surface area contributed by atoms with Crippen molar-refractivity contribution in [1.82, 2.24) is 9.55 Å². The number of hydrogen-bond acceptors (Lipinski definition) is 2. The number of aliphatic carboxylic acids is 1. The Morgan fingerprint density at radius 2 is 2.40 bits per heavy atom. The smallest absolute Gasteiger partial charge is 0.309 e. The molecule has 4 heteroatoms. The number of nitrogens with zero attached hydrogens (tertiary/aromatic N) is 2. The van der Waals surface area contributed by atoms with Crippen LogP contribution in [-0.4, -0.2) is 20.6 Å². The lowest BCUT2D eigenvalue weighted by molar-refractivity contribution is -0.155. The van der Waals surface area contributed by atoms with Gasteiger partial charge >= 0.3 is 5.97 Å². The van der Waals surface area contributed by atoms with Gasteiger partial charge in [-0.25, -0.2) is 4.98 Å². The van der Waals surface area contributed by atoms with Crippen LogP contribution >= 0.6 is 0 Å². The quantitative estimate of drug-likeness (QED) is 0.817. The summed E-state index contributed by atoms with van der Waals surface area (Å²) in [6.45, 7) is 0. The number of imidazole rings is 1. The molecule has 0 radical (unpaired) electrons. The average molecular weight is 208 g/mol. The molecule has 0 bridgehead atoms. The summed E-state index contributed by atoms with van der Waals surface area (Å²) in [6, 6.07) is 0. The van der Waals surface area contributed by atoms with Crippen LogP contribution in [0.15, 0.2) is 12.4 Å². The highest BCUT2D eigenvalue weighted by Gasteiger charge is 2.43. The van der Waals surface area contributed by atoms with E-state index in [1.807, 2.05) is 17.8 Å². The summed E-state index contributed by atoms with van der Waals surface area (Å²) >= 11 is 0. The maximum atomic E-state index is 11.1. The minimum absolute atomic E-state index is 0.452. The molecular formula is C11H16N2O2. The molecule has 1 saturated carbocycles. The molecule has 0 saturated heterocycles. The first-order chi connectivity index (χ1) is 7.14. The van der Waals surface area contributed by atoms with Gasteiger partial charge in [0.05, 0.1) is 5.41 Å². The fraction of sp³-hybridized carbons (Fsp3) is 0.636. The number of carboxylic acid groups (broad SMARTS) is 1. The van der Waals surface area contributed by atoms with E-state index in [-0.39, 0.29) is 0 Å². The number of aryl methyl sites for hydroxylation is 2. The van der Waals surface area contributed by atoms with E-state index in [4.69, 9.17) is 5.11 Å². The van der Waals surface area contributed by atoms with Gasteiger partial charge in [-0.2, -0.15) is 0 Å². The molecule has 2 rings (SSSR count). The molecule has 0 aromatic carbocycles. The normalized spacial score (nSPS) is 18.5. The molecule has 1 aromatic rings. The minimum Gasteiger partial charge on any atom is -0.481 e. The molecule has 1 fully saturated rings. The summed E-state index contributed by atoms with van der Waals surface area (Å²) in [5, 5.41) is 9.15. The number of carbonyl (C=O) groups is 1. The van der Waals surface area contributed by atoms with Gasteiger partial charge in [-0.1, -0.05) is 6.42 Å². The lowest BCUT2D eigenvalue weighted by Gasteiger charge is -2.37. The van der Waals surface area contributed by atoms with Crippen LogP contribution in [-0.2, 0) is 18.3 Å². The van der Waals surface area contributed by atoms with Crippen molar-refractivity contribution in [2.45, 2.75) is 32.1 Å². The summed E-state index contributed by atoms with van der Waals surface area (Å²) in [4.78, 5) is 15.3. The van der Waals surface area contributed by atoms with Crippen LogP contribution in [0.4, 0.5) is 0 Å². The molecule has 0 spiro atoms. The van der Waals surface area contributed by atoms with Gasteiger partial charge in [-0.05, 0) is 19.3 Å². The molecule has 0 unspecified atom stereocenters. The van der Waals surface area contributed by atoms with E-state index in [1.54, 1.807) is 6.20 Å². The number of aromatic nitrogens is 2. The predicted octanol–water partition coefficient (Wildman–Crippen LogP) is 1.61. The summed E-state index contributed by atoms with van der Waals surface area (Å²) in [5.74, 6) is 0.338. The molecule has 82 valence electrons. The van der Waals surface area contributed by atoms with Crippen molar-refractivity contribution in [1.29, 1.82) is 0 Å². The minimum atomic E-state index is -0.636. The van der Waals surface area contributed by atoms with E-state index in [1.165, 1.54) is 0 Å². The van der Waals surface area contributed by atoms with Gasteiger partial charge < -0.3 is 9.67 Å². The second-order valence-corrected chi connectivity index (χ2v) is 4.39. The van der Waals surface area contributed by atoms with Gasteiger partial charge in [0.15, 0.2) is 0 Å². The Morgan fingerprint density at radius 1 is 1.67 bits per heavy atom. The van der Waals surface area contributed by atoms with E-state index in [9.17, 15) is 4.79 Å². The van der Waals surface area contributed by atoms with Gasteiger partial charge in [0.1, 0.15) is 5.82 Å². The van der Waals surface area contributed by atoms with Gasteiger partial charge in [-0.15, -0.1) is 0 Å². The first kappa shape index (κ1) is 10.2. The molecular weight excluding hydrogens is 192 g/mol. The molecule has 0 atom stereocenters. The second kappa shape index (κ2) is 3.68. The summed E-state index contributed by atoms with van der Waals surface area (Å²) in [6.07, 6.45) is 7.82. The van der Waals surface area contributed by atoms with Crippen molar-refractivity contribution in [2.75, 3.05) is 0 Å². The molecule has 0 amide bonds. The van der Waals surface area contributed by atoms with Crippen LogP contribution < -0.4 is 0 Å². The Kier molecular flexibility index (Phi) is 2.50. The van der Waals surface area contributed by atoms with Crippen molar-refractivity contribution in [2.24, 2.45) is 12.5 Å². The van der Waals surface area contributed by atoms with Crippen LogP contribution in [0, 0.1) is 5.41 Å². The first-order valence-electron chi connectivity index (χ1n) is 5.34. The van der Waals surface area contributed by atoms with E-state index in [2.05, 4.69) is 4.98 Å². The Bertz CT molecular complexity index is 366. The fourth-order valence-corrected chi connectivity index (χ4v) is 2.16. The zero-order valence-electron chi connectivity index (χ0n) is 8.94. The lowest BCUT2D eigenvalue weighted by Crippen LogP contribution is -2.38. The number of rotatable bonds is 4. The van der Waals surface area contributed by atoms with Crippen molar-refractivity contribution < 1.29 is 9.90 Å². The van der Waals surface area contributed by atoms with Gasteiger partial charge in [0.25, 0.3) is 0 Å². The fourth-order valence-electron chi connectivity index (χ4n) is 2.16. The zero-order valence-corrected chi connectivity index (χ0v) is 8.94. The maximum Gasteiger partial charge on any atom is 0.309 e. The highest BCUT2D eigenvalue weighted by atomic mass is 16.4. The van der Waals surface area contributed by atoms with Crippen molar-refractivity contribution >= 4 is 5.97 Å². The van der Waals surface area contributed by atoms with Gasteiger partial charge in [-0.3, -0.25) is 4.79 Å². The van der Waals surface area contributed by atoms with E-state index in [0.717, 1.165) is 31.5 Å². The zero-order chi connectivity index (χ0) is 10.9. The third kappa shape index (κ3) is 1.76. The predicted molar refractivity (Wildman–Crippen MR) is 55.4 cm³/mol. The highest BCUT2D eigenvalue weighted by molar-refractivity contribution is 5.75. The number of carboxylic acids is 1. The third-order valence-corrected chi connectivity index (χ3v) is 3.51. The molecule has 1 aliphatic carbocycles. The highest BCUT2D eigenvalue weighted by Crippen LogP contribution is 2.44. The standard InChI is InChI=1S/C11H16N2O2/c1-13-8-7-12-9(13)3-6-11(10(14)15)4-2-5-11/h7-8H,2-6H2,1H3,(H,14,15). The van der Waals surface area contributed by atoms with Gasteiger partial charge in [0.2, 0.25) is 0 Å². The van der Waals surface area contributed by atoms with Gasteiger partial charge in [0, 0.05) is 25.9 Å². The lowest BCUT2D eigenvalue weighted by atomic mass is 9.66. The molecule has 1 N–H and O–H groups in total. The van der Waals surface area contributed by atoms with Crippen LogP contribution in [0.25, 0.3) is 0 Å². The Hall–Kier alpha value is -1.32. The summed E-state index contributed by atoms with van der Waals surface area (Å²) in [5.41, 5.74) is -0.452. The molecule has 1 aromatic heterocycles. The monoisotopic (exact) mass is 208 g/mol. The van der Waals surface area contributed by atoms with Crippen LogP contribution in [0.5, 0.6) is 0 Å². The third-order valence-electron chi connectivity index (χ3n) is 3.51. The molecule has 4 nitrogen and oxygen atoms in total. The average Bonchev–Trinajstić information content (AvgIpc) is 2.49. The van der Waals surface area contributed by atoms with Crippen LogP contribution in [0.2, 0.25) is 0 Å². The van der Waals surface area contributed by atoms with Crippen molar-refractivity contribution in [3.63, 3.8) is 0 Å². The Morgan fingerprint density at radius 3 is 2.80 bits per heavy atom. The van der Waals surface area contributed by atoms with E-state index in [0.29, 0.717) is 6.42 Å².